The number of aliphatic imine (C=N–C) groups is 2. The summed E-state index contributed by atoms with van der Waals surface area (Å²) in [6.45, 7) is 15.3. The second kappa shape index (κ2) is 5.19. The third-order valence-corrected chi connectivity index (χ3v) is 6.87. The Morgan fingerprint density at radius 2 is 0.955 bits per heavy atom. The largest absolute Gasteiger partial charge is 0.311 e. The van der Waals surface area contributed by atoms with E-state index in [4.69, 9.17) is 0 Å². The molecule has 0 aromatic carbocycles. The minimum Gasteiger partial charge on any atom is -0.311 e. The van der Waals surface area contributed by atoms with Gasteiger partial charge in [0.25, 0.3) is 0 Å². The first kappa shape index (κ1) is 18.2. The fourth-order valence-corrected chi connectivity index (χ4v) is 5.92. The maximum absolute atomic E-state index is 10.3. The standard InChI is InChI=1S/C14H26N4O2S2/c1-11(2)9(15-13(5,6)17(11)19)21-22-10-12(3,4)18(20)14(7,8)16-10/h19-20H,1-8H3. The summed E-state index contributed by atoms with van der Waals surface area (Å²) >= 11 is 0. The van der Waals surface area contributed by atoms with E-state index in [1.807, 2.05) is 55.4 Å². The predicted molar refractivity (Wildman–Crippen MR) is 93.6 cm³/mol. The molecule has 0 radical (unpaired) electrons. The number of hydrogen-bond donors (Lipinski definition) is 2. The zero-order valence-electron chi connectivity index (χ0n) is 14.5. The highest BCUT2D eigenvalue weighted by Gasteiger charge is 2.50. The van der Waals surface area contributed by atoms with Crippen LogP contribution in [0, 0.1) is 0 Å². The third kappa shape index (κ3) is 2.74. The third-order valence-electron chi connectivity index (χ3n) is 4.09. The topological polar surface area (TPSA) is 71.7 Å². The summed E-state index contributed by atoms with van der Waals surface area (Å²) in [4.78, 5) is 9.24. The zero-order valence-corrected chi connectivity index (χ0v) is 16.1. The molecule has 22 heavy (non-hydrogen) atoms. The molecule has 6 nitrogen and oxygen atoms in total. The number of nitrogens with zero attached hydrogens (tertiary/aromatic N) is 4. The molecule has 2 rings (SSSR count). The van der Waals surface area contributed by atoms with E-state index in [0.717, 1.165) is 10.1 Å². The lowest BCUT2D eigenvalue weighted by Gasteiger charge is -2.34. The van der Waals surface area contributed by atoms with Crippen molar-refractivity contribution in [1.29, 1.82) is 0 Å². The molecule has 8 heteroatoms. The molecule has 0 unspecified atom stereocenters. The van der Waals surface area contributed by atoms with Gasteiger partial charge in [-0.25, -0.2) is 0 Å². The van der Waals surface area contributed by atoms with Crippen molar-refractivity contribution in [1.82, 2.24) is 10.1 Å². The molecular formula is C14H26N4O2S2. The number of rotatable bonds is 0. The summed E-state index contributed by atoms with van der Waals surface area (Å²) in [6.07, 6.45) is 0. The first-order valence-electron chi connectivity index (χ1n) is 7.26. The van der Waals surface area contributed by atoms with Gasteiger partial charge in [-0.3, -0.25) is 9.98 Å². The van der Waals surface area contributed by atoms with Gasteiger partial charge in [0.15, 0.2) is 0 Å². The summed E-state index contributed by atoms with van der Waals surface area (Å²) in [6, 6.07) is 0. The SMILES string of the molecule is CC1(C)N=C(SSC2=NC(C)(C)N(O)C2(C)C)C(C)(C)N1O. The van der Waals surface area contributed by atoms with Gasteiger partial charge in [-0.1, -0.05) is 0 Å². The molecule has 0 saturated carbocycles. The molecule has 2 N–H and O–H groups in total. The number of hydrogen-bond acceptors (Lipinski definition) is 8. The normalized spacial score (nSPS) is 29.5. The molecule has 0 atom stereocenters. The van der Waals surface area contributed by atoms with Crippen molar-refractivity contribution in [3.8, 4) is 0 Å². The molecule has 0 fully saturated rings. The smallest absolute Gasteiger partial charge is 0.131 e. The van der Waals surface area contributed by atoms with E-state index in [2.05, 4.69) is 9.98 Å². The average Bonchev–Trinajstić information content (AvgIpc) is 2.62. The van der Waals surface area contributed by atoms with Gasteiger partial charge in [-0.05, 0) is 77.0 Å². The molecule has 0 spiro atoms. The van der Waals surface area contributed by atoms with Gasteiger partial charge in [-0.2, -0.15) is 10.1 Å². The van der Waals surface area contributed by atoms with Gasteiger partial charge >= 0.3 is 0 Å². The second-order valence-corrected chi connectivity index (χ2v) is 9.84. The van der Waals surface area contributed by atoms with E-state index in [9.17, 15) is 10.4 Å². The van der Waals surface area contributed by atoms with Crippen molar-refractivity contribution in [2.45, 2.75) is 77.8 Å². The summed E-state index contributed by atoms with van der Waals surface area (Å²) in [7, 11) is 2.99. The summed E-state index contributed by atoms with van der Waals surface area (Å²) in [5.74, 6) is 0. The van der Waals surface area contributed by atoms with Crippen LogP contribution in [0.3, 0.4) is 0 Å². The predicted octanol–water partition coefficient (Wildman–Crippen LogP) is 3.60. The van der Waals surface area contributed by atoms with Crippen LogP contribution in [0.4, 0.5) is 0 Å². The first-order valence-corrected chi connectivity index (χ1v) is 9.41. The van der Waals surface area contributed by atoms with Crippen molar-refractivity contribution in [3.63, 3.8) is 0 Å². The van der Waals surface area contributed by atoms with Crippen LogP contribution in [0.15, 0.2) is 9.98 Å². The van der Waals surface area contributed by atoms with Crippen LogP contribution >= 0.6 is 21.6 Å². The Hall–Kier alpha value is -0.120. The highest BCUT2D eigenvalue weighted by Crippen LogP contribution is 2.45. The van der Waals surface area contributed by atoms with Crippen LogP contribution in [0.25, 0.3) is 0 Å². The van der Waals surface area contributed by atoms with Crippen LogP contribution in [-0.4, -0.2) is 53.0 Å². The Morgan fingerprint density at radius 1 is 0.682 bits per heavy atom. The fraction of sp³-hybridized carbons (Fsp3) is 0.857. The molecule has 0 amide bonds. The van der Waals surface area contributed by atoms with E-state index in [0.29, 0.717) is 0 Å². The van der Waals surface area contributed by atoms with Crippen LogP contribution in [0.5, 0.6) is 0 Å². The van der Waals surface area contributed by atoms with Crippen molar-refractivity contribution in [2.75, 3.05) is 0 Å². The van der Waals surface area contributed by atoms with Crippen molar-refractivity contribution in [3.05, 3.63) is 0 Å². The lowest BCUT2D eigenvalue weighted by molar-refractivity contribution is -0.187. The van der Waals surface area contributed by atoms with Gasteiger partial charge in [-0.15, -0.1) is 0 Å². The quantitative estimate of drug-likeness (QED) is 0.653. The Kier molecular flexibility index (Phi) is 4.30. The number of hydroxylamine groups is 4. The van der Waals surface area contributed by atoms with E-state index >= 15 is 0 Å². The molecule has 0 aliphatic carbocycles. The molecule has 2 aliphatic rings. The lowest BCUT2D eigenvalue weighted by atomic mass is 10.1. The maximum Gasteiger partial charge on any atom is 0.131 e. The van der Waals surface area contributed by atoms with Gasteiger partial charge in [0.1, 0.15) is 21.4 Å². The van der Waals surface area contributed by atoms with E-state index in [1.165, 1.54) is 31.7 Å². The first-order chi connectivity index (χ1) is 9.73. The van der Waals surface area contributed by atoms with Gasteiger partial charge in [0, 0.05) is 0 Å². The minimum absolute atomic E-state index is 0.543. The Morgan fingerprint density at radius 3 is 1.14 bits per heavy atom. The van der Waals surface area contributed by atoms with Gasteiger partial charge in [0.2, 0.25) is 0 Å². The summed E-state index contributed by atoms with van der Waals surface area (Å²) in [5, 5.41) is 24.8. The zero-order chi connectivity index (χ0) is 17.1. The van der Waals surface area contributed by atoms with Crippen LogP contribution in [0.1, 0.15) is 55.4 Å². The molecule has 2 aliphatic heterocycles. The lowest BCUT2D eigenvalue weighted by Crippen LogP contribution is -2.50. The highest BCUT2D eigenvalue weighted by atomic mass is 33.1. The fourth-order valence-electron chi connectivity index (χ4n) is 2.73. The molecule has 126 valence electrons. The van der Waals surface area contributed by atoms with E-state index in [-0.39, 0.29) is 0 Å². The van der Waals surface area contributed by atoms with E-state index in [1.54, 1.807) is 0 Å². The highest BCUT2D eigenvalue weighted by molar-refractivity contribution is 8.87. The van der Waals surface area contributed by atoms with Crippen molar-refractivity contribution in [2.24, 2.45) is 9.98 Å². The molecule has 2 heterocycles. The Bertz CT molecular complexity index is 493. The van der Waals surface area contributed by atoms with Gasteiger partial charge < -0.3 is 10.4 Å². The maximum atomic E-state index is 10.3. The van der Waals surface area contributed by atoms with Crippen LogP contribution in [-0.2, 0) is 0 Å². The van der Waals surface area contributed by atoms with Crippen LogP contribution in [0.2, 0.25) is 0 Å². The van der Waals surface area contributed by atoms with Gasteiger partial charge in [0.05, 0.1) is 11.1 Å². The monoisotopic (exact) mass is 346 g/mol. The van der Waals surface area contributed by atoms with Crippen LogP contribution < -0.4 is 0 Å². The van der Waals surface area contributed by atoms with Crippen molar-refractivity contribution < 1.29 is 10.4 Å². The summed E-state index contributed by atoms with van der Waals surface area (Å²) < 4.78 is 0. The minimum atomic E-state index is -0.637. The molecule has 0 aromatic rings. The Balaban J connectivity index is 2.18. The molecule has 0 bridgehead atoms. The van der Waals surface area contributed by atoms with Crippen molar-refractivity contribution >= 4 is 31.7 Å². The molecular weight excluding hydrogens is 320 g/mol. The van der Waals surface area contributed by atoms with E-state index < -0.39 is 22.4 Å². The summed E-state index contributed by atoms with van der Waals surface area (Å²) in [5.41, 5.74) is -2.36. The molecule has 0 aromatic heterocycles. The molecule has 0 saturated heterocycles. The average molecular weight is 347 g/mol. The Labute approximate surface area is 140 Å². The second-order valence-electron chi connectivity index (χ2n) is 7.73.